The van der Waals surface area contributed by atoms with Crippen molar-refractivity contribution in [1.82, 2.24) is 25.1 Å². The molecular formula is C19H14FN7OS. The predicted octanol–water partition coefficient (Wildman–Crippen LogP) is 3.42. The van der Waals surface area contributed by atoms with Crippen LogP contribution in [0.5, 0.6) is 0 Å². The fourth-order valence-corrected chi connectivity index (χ4v) is 3.19. The Balaban J connectivity index is 1.59. The molecule has 0 saturated carbocycles. The van der Waals surface area contributed by atoms with Gasteiger partial charge < -0.3 is 10.2 Å². The van der Waals surface area contributed by atoms with Gasteiger partial charge in [-0.3, -0.25) is 4.98 Å². The third-order valence-electron chi connectivity index (χ3n) is 3.76. The minimum atomic E-state index is -0.289. The summed E-state index contributed by atoms with van der Waals surface area (Å²) in [5, 5.41) is 8.99. The Morgan fingerprint density at radius 3 is 2.62 bits per heavy atom. The van der Waals surface area contributed by atoms with Crippen LogP contribution in [0.4, 0.5) is 10.3 Å². The number of hydrogen-bond acceptors (Lipinski definition) is 8. The van der Waals surface area contributed by atoms with E-state index in [-0.39, 0.29) is 11.8 Å². The number of rotatable bonds is 6. The first kappa shape index (κ1) is 18.7. The Labute approximate surface area is 169 Å². The summed E-state index contributed by atoms with van der Waals surface area (Å²) in [4.78, 5) is 16.6. The molecule has 0 radical (unpaired) electrons. The fraction of sp³-hybridized carbons (Fsp3) is 0.0526. The Bertz CT molecular complexity index is 1130. The lowest BCUT2D eigenvalue weighted by Crippen LogP contribution is -1.97. The highest BCUT2D eigenvalue weighted by Crippen LogP contribution is 2.29. The lowest BCUT2D eigenvalue weighted by molar-refractivity contribution is 0.465. The maximum absolute atomic E-state index is 13.1. The van der Waals surface area contributed by atoms with E-state index < -0.39 is 0 Å². The molecule has 0 aliphatic carbocycles. The summed E-state index contributed by atoms with van der Waals surface area (Å²) < 4.78 is 18.8. The molecule has 144 valence electrons. The van der Waals surface area contributed by atoms with Crippen LogP contribution in [0.2, 0.25) is 0 Å². The molecule has 2 N–H and O–H groups in total. The van der Waals surface area contributed by atoms with E-state index in [1.165, 1.54) is 23.9 Å². The van der Waals surface area contributed by atoms with E-state index in [4.69, 9.17) is 10.2 Å². The molecule has 0 fully saturated rings. The summed E-state index contributed by atoms with van der Waals surface area (Å²) in [7, 11) is 0. The van der Waals surface area contributed by atoms with Crippen LogP contribution in [0.1, 0.15) is 11.3 Å². The third-order valence-corrected chi connectivity index (χ3v) is 4.52. The number of benzene rings is 1. The van der Waals surface area contributed by atoms with Gasteiger partial charge in [0.1, 0.15) is 10.8 Å². The van der Waals surface area contributed by atoms with E-state index >= 15 is 0 Å². The first-order valence-corrected chi connectivity index (χ1v) is 9.29. The van der Waals surface area contributed by atoms with E-state index in [2.05, 4.69) is 30.1 Å². The van der Waals surface area contributed by atoms with E-state index in [1.807, 2.05) is 0 Å². The van der Waals surface area contributed by atoms with Crippen molar-refractivity contribution in [3.8, 4) is 11.5 Å². The zero-order chi connectivity index (χ0) is 20.1. The molecule has 0 aliphatic rings. The van der Waals surface area contributed by atoms with Crippen molar-refractivity contribution in [2.75, 3.05) is 0 Å². The number of aromatic nitrogens is 5. The van der Waals surface area contributed by atoms with Crippen LogP contribution < -0.4 is 5.73 Å². The van der Waals surface area contributed by atoms with Gasteiger partial charge in [0, 0.05) is 24.4 Å². The van der Waals surface area contributed by atoms with Gasteiger partial charge in [0.25, 0.3) is 11.2 Å². The maximum Gasteiger partial charge on any atom is 0.283 e. The molecule has 10 heteroatoms. The van der Waals surface area contributed by atoms with Crippen LogP contribution in [0.25, 0.3) is 11.5 Å². The van der Waals surface area contributed by atoms with Gasteiger partial charge in [-0.1, -0.05) is 12.1 Å². The topological polar surface area (TPSA) is 116 Å². The first-order valence-electron chi connectivity index (χ1n) is 8.48. The predicted molar refractivity (Wildman–Crippen MR) is 105 cm³/mol. The second-order valence-corrected chi connectivity index (χ2v) is 6.76. The molecule has 8 nitrogen and oxygen atoms in total. The highest BCUT2D eigenvalue weighted by molar-refractivity contribution is 7.99. The molecule has 4 rings (SSSR count). The number of nitrogens with zero attached hydrogens (tertiary/aromatic N) is 6. The van der Waals surface area contributed by atoms with E-state index in [1.54, 1.807) is 42.7 Å². The molecule has 0 aliphatic heterocycles. The Hall–Kier alpha value is -3.66. The average molecular weight is 407 g/mol. The third kappa shape index (κ3) is 4.79. The van der Waals surface area contributed by atoms with Crippen LogP contribution in [0.15, 0.2) is 74.5 Å². The largest absolute Gasteiger partial charge is 0.411 e. The molecular weight excluding hydrogens is 393 g/mol. The number of hydrogen-bond donors (Lipinski definition) is 1. The molecule has 0 bridgehead atoms. The number of pyridine rings is 1. The fourth-order valence-electron chi connectivity index (χ4n) is 2.49. The standard InChI is InChI=1S/C19H14FN7OS/c20-14-3-1-12(2-4-14)9-15-10-16(25-18(24-15)23-11-21)29-19-27-26-17(28-19)13-5-7-22-8-6-13/h1-8,10-11H,9H2,(H2,21,23,24,25). The zero-order valence-corrected chi connectivity index (χ0v) is 15.8. The summed E-state index contributed by atoms with van der Waals surface area (Å²) in [6.07, 6.45) is 4.90. The van der Waals surface area contributed by atoms with Gasteiger partial charge in [0.2, 0.25) is 5.89 Å². The van der Waals surface area contributed by atoms with Crippen molar-refractivity contribution < 1.29 is 8.81 Å². The minimum absolute atomic E-state index is 0.212. The molecule has 3 heterocycles. The van der Waals surface area contributed by atoms with Crippen molar-refractivity contribution in [3.05, 3.63) is 71.9 Å². The highest BCUT2D eigenvalue weighted by Gasteiger charge is 2.13. The van der Waals surface area contributed by atoms with Crippen LogP contribution >= 0.6 is 11.8 Å². The SMILES string of the molecule is N/C=N\c1nc(Cc2ccc(F)cc2)cc(Sc2nnc(-c3ccncc3)o2)n1. The Morgan fingerprint density at radius 2 is 1.86 bits per heavy atom. The monoisotopic (exact) mass is 407 g/mol. The van der Waals surface area contributed by atoms with Crippen LogP contribution in [0, 0.1) is 5.82 Å². The van der Waals surface area contributed by atoms with Crippen LogP contribution in [-0.4, -0.2) is 31.5 Å². The molecule has 0 saturated heterocycles. The van der Waals surface area contributed by atoms with E-state index in [9.17, 15) is 4.39 Å². The van der Waals surface area contributed by atoms with E-state index in [0.29, 0.717) is 28.3 Å². The normalized spacial score (nSPS) is 11.2. The molecule has 0 amide bonds. The average Bonchev–Trinajstić information content (AvgIpc) is 3.19. The number of nitrogens with two attached hydrogens (primary N) is 1. The summed E-state index contributed by atoms with van der Waals surface area (Å²) in [5.74, 6) is 0.307. The quantitative estimate of drug-likeness (QED) is 0.294. The summed E-state index contributed by atoms with van der Waals surface area (Å²) in [6.45, 7) is 0. The highest BCUT2D eigenvalue weighted by atomic mass is 32.2. The molecule has 1 aromatic carbocycles. The number of halogens is 1. The van der Waals surface area contributed by atoms with Crippen LogP contribution in [0.3, 0.4) is 0 Å². The smallest absolute Gasteiger partial charge is 0.283 e. The van der Waals surface area contributed by atoms with Gasteiger partial charge in [0.05, 0.1) is 12.0 Å². The van der Waals surface area contributed by atoms with Gasteiger partial charge >= 0.3 is 0 Å². The molecule has 3 aromatic heterocycles. The van der Waals surface area contributed by atoms with Gasteiger partial charge in [-0.05, 0) is 47.7 Å². The molecule has 0 unspecified atom stereocenters. The van der Waals surface area contributed by atoms with Crippen molar-refractivity contribution in [1.29, 1.82) is 0 Å². The first-order chi connectivity index (χ1) is 14.2. The van der Waals surface area contributed by atoms with Crippen molar-refractivity contribution in [3.63, 3.8) is 0 Å². The summed E-state index contributed by atoms with van der Waals surface area (Å²) >= 11 is 1.19. The zero-order valence-electron chi connectivity index (χ0n) is 14.9. The maximum atomic E-state index is 13.1. The lowest BCUT2D eigenvalue weighted by atomic mass is 10.1. The molecule has 29 heavy (non-hydrogen) atoms. The lowest BCUT2D eigenvalue weighted by Gasteiger charge is -2.05. The van der Waals surface area contributed by atoms with Crippen molar-refractivity contribution >= 4 is 24.0 Å². The van der Waals surface area contributed by atoms with Crippen LogP contribution in [-0.2, 0) is 6.42 Å². The second-order valence-electron chi connectivity index (χ2n) is 5.79. The van der Waals surface area contributed by atoms with E-state index in [0.717, 1.165) is 17.5 Å². The van der Waals surface area contributed by atoms with Gasteiger partial charge in [-0.25, -0.2) is 19.4 Å². The van der Waals surface area contributed by atoms with Gasteiger partial charge in [0.15, 0.2) is 0 Å². The second kappa shape index (κ2) is 8.57. The van der Waals surface area contributed by atoms with Gasteiger partial charge in [-0.2, -0.15) is 0 Å². The summed E-state index contributed by atoms with van der Waals surface area (Å²) in [5.41, 5.74) is 7.76. The minimum Gasteiger partial charge on any atom is -0.411 e. The molecule has 0 atom stereocenters. The number of aliphatic imine (C=N–C) groups is 1. The van der Waals surface area contributed by atoms with Gasteiger partial charge in [-0.15, -0.1) is 10.2 Å². The van der Waals surface area contributed by atoms with Crippen molar-refractivity contribution in [2.24, 2.45) is 10.7 Å². The molecule has 0 spiro atoms. The van der Waals surface area contributed by atoms with Crippen molar-refractivity contribution in [2.45, 2.75) is 16.7 Å². The Kier molecular flexibility index (Phi) is 5.52. The Morgan fingerprint density at radius 1 is 1.07 bits per heavy atom. The summed E-state index contributed by atoms with van der Waals surface area (Å²) in [6, 6.07) is 11.6. The molecule has 4 aromatic rings.